The maximum Gasteiger partial charge on any atom is 0.227 e. The van der Waals surface area contributed by atoms with Crippen LogP contribution in [0, 0.1) is 0 Å². The lowest BCUT2D eigenvalue weighted by molar-refractivity contribution is -0.118. The Kier molecular flexibility index (Phi) is 4.17. The molecule has 2 aliphatic rings. The third-order valence-corrected chi connectivity index (χ3v) is 5.12. The Morgan fingerprint density at radius 2 is 2.00 bits per heavy atom. The largest absolute Gasteiger partial charge is 0.487 e. The summed E-state index contributed by atoms with van der Waals surface area (Å²) in [5.41, 5.74) is 4.38. The van der Waals surface area contributed by atoms with Crippen molar-refractivity contribution in [3.63, 3.8) is 0 Å². The van der Waals surface area contributed by atoms with Gasteiger partial charge in [0.25, 0.3) is 0 Å². The average molecular weight is 337 g/mol. The van der Waals surface area contributed by atoms with E-state index >= 15 is 0 Å². The van der Waals surface area contributed by atoms with E-state index in [4.69, 9.17) is 4.74 Å². The summed E-state index contributed by atoms with van der Waals surface area (Å²) >= 11 is 0. The Hall–Kier alpha value is -2.40. The molecule has 1 fully saturated rings. The van der Waals surface area contributed by atoms with Crippen LogP contribution in [0.2, 0.25) is 0 Å². The van der Waals surface area contributed by atoms with Gasteiger partial charge in [0.2, 0.25) is 5.91 Å². The van der Waals surface area contributed by atoms with Crippen molar-refractivity contribution in [3.05, 3.63) is 42.2 Å². The van der Waals surface area contributed by atoms with Crippen molar-refractivity contribution in [1.29, 1.82) is 0 Å². The van der Waals surface area contributed by atoms with Crippen LogP contribution in [0.4, 0.5) is 5.69 Å². The van der Waals surface area contributed by atoms with Crippen molar-refractivity contribution in [2.75, 3.05) is 32.1 Å². The van der Waals surface area contributed by atoms with Crippen LogP contribution in [0.1, 0.15) is 18.4 Å². The van der Waals surface area contributed by atoms with Gasteiger partial charge in [0.1, 0.15) is 11.9 Å². The molecule has 2 aromatic rings. The highest BCUT2D eigenvalue weighted by Crippen LogP contribution is 2.32. The van der Waals surface area contributed by atoms with Gasteiger partial charge >= 0.3 is 0 Å². The van der Waals surface area contributed by atoms with E-state index in [0.717, 1.165) is 48.5 Å². The highest BCUT2D eigenvalue weighted by molar-refractivity contribution is 5.96. The first-order valence-corrected chi connectivity index (χ1v) is 8.80. The van der Waals surface area contributed by atoms with E-state index in [-0.39, 0.29) is 12.0 Å². The van der Waals surface area contributed by atoms with Crippen LogP contribution in [-0.2, 0) is 11.2 Å². The molecule has 2 aliphatic heterocycles. The van der Waals surface area contributed by atoms with Crippen molar-refractivity contribution >= 4 is 11.6 Å². The van der Waals surface area contributed by atoms with Crippen LogP contribution < -0.4 is 9.64 Å². The Morgan fingerprint density at radius 1 is 1.12 bits per heavy atom. The number of pyridine rings is 1. The quantitative estimate of drug-likeness (QED) is 0.864. The number of amides is 1. The normalized spacial score (nSPS) is 20.6. The van der Waals surface area contributed by atoms with E-state index in [0.29, 0.717) is 6.42 Å². The van der Waals surface area contributed by atoms with Gasteiger partial charge in [-0.3, -0.25) is 9.78 Å². The summed E-state index contributed by atoms with van der Waals surface area (Å²) in [5.74, 6) is 1.00. The van der Waals surface area contributed by atoms with E-state index in [9.17, 15) is 4.79 Å². The number of hydrogen-bond acceptors (Lipinski definition) is 4. The summed E-state index contributed by atoms with van der Waals surface area (Å²) in [4.78, 5) is 20.2. The van der Waals surface area contributed by atoms with Gasteiger partial charge in [0.05, 0.1) is 6.20 Å². The Labute approximate surface area is 148 Å². The molecule has 0 saturated carbocycles. The molecule has 1 aromatic carbocycles. The first kappa shape index (κ1) is 16.1. The summed E-state index contributed by atoms with van der Waals surface area (Å²) in [7, 11) is 3.96. The lowest BCUT2D eigenvalue weighted by atomic mass is 9.97. The number of likely N-dealkylation sites (N-methyl/N-ethyl adjacent to an activating group) is 1. The van der Waals surface area contributed by atoms with Gasteiger partial charge in [-0.1, -0.05) is 6.07 Å². The number of aromatic nitrogens is 1. The minimum Gasteiger partial charge on any atom is -0.487 e. The van der Waals surface area contributed by atoms with Crippen LogP contribution in [0.25, 0.3) is 11.1 Å². The molecule has 0 unspecified atom stereocenters. The monoisotopic (exact) mass is 337 g/mol. The SMILES string of the molecule is CN1CC[C@H](Oc2cncc(-c3ccc4c(c3)CCC(=O)N4C)c2)C1. The maximum atomic E-state index is 11.8. The molecule has 5 nitrogen and oxygen atoms in total. The number of benzene rings is 1. The van der Waals surface area contributed by atoms with Crippen molar-refractivity contribution in [2.45, 2.75) is 25.4 Å². The van der Waals surface area contributed by atoms with Crippen molar-refractivity contribution < 1.29 is 9.53 Å². The Balaban J connectivity index is 1.58. The van der Waals surface area contributed by atoms with Gasteiger partial charge < -0.3 is 14.5 Å². The highest BCUT2D eigenvalue weighted by atomic mass is 16.5. The number of anilines is 1. The fraction of sp³-hybridized carbons (Fsp3) is 0.400. The number of hydrogen-bond donors (Lipinski definition) is 0. The number of likely N-dealkylation sites (tertiary alicyclic amines) is 1. The van der Waals surface area contributed by atoms with Crippen LogP contribution in [0.3, 0.4) is 0 Å². The first-order chi connectivity index (χ1) is 12.1. The zero-order chi connectivity index (χ0) is 17.4. The number of ether oxygens (including phenoxy) is 1. The molecule has 4 rings (SSSR count). The molecule has 25 heavy (non-hydrogen) atoms. The highest BCUT2D eigenvalue weighted by Gasteiger charge is 2.22. The van der Waals surface area contributed by atoms with Crippen LogP contribution in [0.15, 0.2) is 36.7 Å². The second kappa shape index (κ2) is 6.48. The molecule has 5 heteroatoms. The molecule has 1 saturated heterocycles. The predicted molar refractivity (Wildman–Crippen MR) is 97.9 cm³/mol. The number of nitrogens with zero attached hydrogens (tertiary/aromatic N) is 3. The van der Waals surface area contributed by atoms with Gasteiger partial charge in [-0.05, 0) is 49.2 Å². The summed E-state index contributed by atoms with van der Waals surface area (Å²) in [6.07, 6.45) is 6.32. The maximum absolute atomic E-state index is 11.8. The van der Waals surface area contributed by atoms with Crippen molar-refractivity contribution in [2.24, 2.45) is 0 Å². The van der Waals surface area contributed by atoms with Crippen LogP contribution >= 0.6 is 0 Å². The number of carbonyl (C=O) groups excluding carboxylic acids is 1. The Bertz CT molecular complexity index is 805. The minimum atomic E-state index is 0.179. The number of fused-ring (bicyclic) bond motifs is 1. The molecule has 3 heterocycles. The van der Waals surface area contributed by atoms with Gasteiger partial charge in [-0.15, -0.1) is 0 Å². The molecule has 0 radical (unpaired) electrons. The van der Waals surface area contributed by atoms with Gasteiger partial charge in [0, 0.05) is 44.0 Å². The average Bonchev–Trinajstić information content (AvgIpc) is 3.03. The first-order valence-electron chi connectivity index (χ1n) is 8.80. The zero-order valence-corrected chi connectivity index (χ0v) is 14.7. The topological polar surface area (TPSA) is 45.7 Å². The van der Waals surface area contributed by atoms with E-state index < -0.39 is 0 Å². The van der Waals surface area contributed by atoms with Crippen LogP contribution in [0.5, 0.6) is 5.75 Å². The van der Waals surface area contributed by atoms with E-state index in [2.05, 4.69) is 35.1 Å². The molecule has 130 valence electrons. The molecule has 0 aliphatic carbocycles. The molecule has 0 spiro atoms. The lowest BCUT2D eigenvalue weighted by Crippen LogP contribution is -2.30. The van der Waals surface area contributed by atoms with Gasteiger partial charge in [-0.25, -0.2) is 0 Å². The van der Waals surface area contributed by atoms with Gasteiger partial charge in [-0.2, -0.15) is 0 Å². The smallest absolute Gasteiger partial charge is 0.227 e. The van der Waals surface area contributed by atoms with Crippen molar-refractivity contribution in [3.8, 4) is 16.9 Å². The van der Waals surface area contributed by atoms with Crippen LogP contribution in [-0.4, -0.2) is 49.1 Å². The fourth-order valence-corrected chi connectivity index (χ4v) is 3.66. The zero-order valence-electron chi connectivity index (χ0n) is 14.7. The molecular weight excluding hydrogens is 314 g/mol. The molecule has 1 amide bonds. The third kappa shape index (κ3) is 3.24. The molecule has 0 N–H and O–H groups in total. The van der Waals surface area contributed by atoms with E-state index in [1.807, 2.05) is 19.3 Å². The second-order valence-electron chi connectivity index (χ2n) is 7.00. The number of aryl methyl sites for hydroxylation is 1. The third-order valence-electron chi connectivity index (χ3n) is 5.12. The van der Waals surface area contributed by atoms with E-state index in [1.165, 1.54) is 5.56 Å². The number of carbonyl (C=O) groups is 1. The van der Waals surface area contributed by atoms with Crippen molar-refractivity contribution in [1.82, 2.24) is 9.88 Å². The molecule has 1 atom stereocenters. The fourth-order valence-electron chi connectivity index (χ4n) is 3.66. The summed E-state index contributed by atoms with van der Waals surface area (Å²) in [6.45, 7) is 2.04. The molecule has 0 bridgehead atoms. The van der Waals surface area contributed by atoms with E-state index in [1.54, 1.807) is 11.1 Å². The molecule has 1 aromatic heterocycles. The Morgan fingerprint density at radius 3 is 2.80 bits per heavy atom. The summed E-state index contributed by atoms with van der Waals surface area (Å²) < 4.78 is 6.09. The minimum absolute atomic E-state index is 0.179. The standard InChI is InChI=1S/C20H23N3O2/c1-22-8-7-17(13-22)25-18-10-16(11-21-12-18)14-3-5-19-15(9-14)4-6-20(24)23(19)2/h3,5,9-12,17H,4,6-8,13H2,1-2H3/t17-/m0/s1. The predicted octanol–water partition coefficient (Wildman–Crippen LogP) is 2.74. The summed E-state index contributed by atoms with van der Waals surface area (Å²) in [5, 5.41) is 0. The summed E-state index contributed by atoms with van der Waals surface area (Å²) in [6, 6.07) is 8.31. The van der Waals surface area contributed by atoms with Gasteiger partial charge in [0.15, 0.2) is 0 Å². The second-order valence-corrected chi connectivity index (χ2v) is 7.00. The lowest BCUT2D eigenvalue weighted by Gasteiger charge is -2.26. The number of rotatable bonds is 3. The molecular formula is C20H23N3O2.